The molecular weight excluding hydrogens is 304 g/mol. The van der Waals surface area contributed by atoms with Gasteiger partial charge in [-0.15, -0.1) is 0 Å². The van der Waals surface area contributed by atoms with Gasteiger partial charge in [-0.25, -0.2) is 0 Å². The van der Waals surface area contributed by atoms with Gasteiger partial charge >= 0.3 is 0 Å². The molecule has 0 radical (unpaired) electrons. The van der Waals surface area contributed by atoms with Gasteiger partial charge in [0.2, 0.25) is 0 Å². The first kappa shape index (κ1) is 15.9. The van der Waals surface area contributed by atoms with Gasteiger partial charge in [-0.1, -0.05) is 12.2 Å². The lowest BCUT2D eigenvalue weighted by Crippen LogP contribution is -2.42. The summed E-state index contributed by atoms with van der Waals surface area (Å²) >= 11 is 0. The summed E-state index contributed by atoms with van der Waals surface area (Å²) in [5.41, 5.74) is 0. The maximum absolute atomic E-state index is 11.1. The van der Waals surface area contributed by atoms with Crippen LogP contribution in [0.15, 0.2) is 12.2 Å². The van der Waals surface area contributed by atoms with Crippen molar-refractivity contribution in [3.8, 4) is 0 Å². The van der Waals surface area contributed by atoms with Crippen molar-refractivity contribution in [3.05, 3.63) is 12.2 Å². The summed E-state index contributed by atoms with van der Waals surface area (Å²) in [6.07, 6.45) is 8.17. The number of hydrogen-bond donors (Lipinski definition) is 0. The van der Waals surface area contributed by atoms with Gasteiger partial charge in [0, 0.05) is 0 Å². The minimum Gasteiger partial charge on any atom is -0.270 e. The van der Waals surface area contributed by atoms with E-state index < -0.39 is 20.2 Å². The first-order chi connectivity index (χ1) is 9.16. The molecule has 1 fully saturated rings. The molecule has 3 rings (SSSR count). The third-order valence-corrected chi connectivity index (χ3v) is 5.17. The van der Waals surface area contributed by atoms with Crippen LogP contribution in [-0.4, -0.2) is 42.6 Å². The van der Waals surface area contributed by atoms with Gasteiger partial charge in [0.05, 0.1) is 25.7 Å². The van der Waals surface area contributed by atoms with Crippen LogP contribution < -0.4 is 0 Å². The molecule has 0 aromatic heterocycles. The fraction of sp³-hybridized carbons (Fsp3) is 0.833. The van der Waals surface area contributed by atoms with Crippen LogP contribution in [0.2, 0.25) is 0 Å². The second-order valence-corrected chi connectivity index (χ2v) is 8.88. The van der Waals surface area contributed by atoms with E-state index in [1.54, 1.807) is 0 Å². The molecule has 0 amide bonds. The Bertz CT molecular complexity index is 525. The van der Waals surface area contributed by atoms with E-state index in [2.05, 4.69) is 12.2 Å². The van der Waals surface area contributed by atoms with Gasteiger partial charge in [-0.3, -0.25) is 8.37 Å². The van der Waals surface area contributed by atoms with Crippen molar-refractivity contribution in [2.24, 2.45) is 23.7 Å². The van der Waals surface area contributed by atoms with Crippen LogP contribution in [0.5, 0.6) is 0 Å². The smallest absolute Gasteiger partial charge is 0.264 e. The molecule has 6 nitrogen and oxygen atoms in total. The third kappa shape index (κ3) is 4.28. The zero-order valence-electron chi connectivity index (χ0n) is 11.6. The minimum atomic E-state index is -3.49. The SMILES string of the molecule is CS(=O)(=O)OC[C@@H]1[C@H](COS(C)(=O)=O)[C@H]2C=C[C@H]1CC2. The van der Waals surface area contributed by atoms with E-state index in [1.807, 2.05) is 0 Å². The van der Waals surface area contributed by atoms with Crippen LogP contribution in [0.4, 0.5) is 0 Å². The number of fused-ring (bicyclic) bond motifs is 2. The second kappa shape index (κ2) is 5.75. The molecule has 8 heteroatoms. The Morgan fingerprint density at radius 1 is 0.850 bits per heavy atom. The maximum Gasteiger partial charge on any atom is 0.264 e. The predicted octanol–water partition coefficient (Wildman–Crippen LogP) is 0.767. The molecule has 0 aromatic carbocycles. The van der Waals surface area contributed by atoms with Crippen molar-refractivity contribution in [2.75, 3.05) is 25.7 Å². The summed E-state index contributed by atoms with van der Waals surface area (Å²) in [5.74, 6) is 0.426. The summed E-state index contributed by atoms with van der Waals surface area (Å²) in [6.45, 7) is 0.171. The largest absolute Gasteiger partial charge is 0.270 e. The average molecular weight is 324 g/mol. The van der Waals surface area contributed by atoms with E-state index in [9.17, 15) is 16.8 Å². The molecule has 0 aromatic rings. The maximum atomic E-state index is 11.1. The lowest BCUT2D eigenvalue weighted by atomic mass is 9.63. The number of allylic oxidation sites excluding steroid dienone is 2. The molecule has 3 aliphatic rings. The Morgan fingerprint density at radius 2 is 1.20 bits per heavy atom. The molecule has 3 aliphatic carbocycles. The van der Waals surface area contributed by atoms with Crippen molar-refractivity contribution in [1.29, 1.82) is 0 Å². The molecule has 0 N–H and O–H groups in total. The predicted molar refractivity (Wildman–Crippen MR) is 73.9 cm³/mol. The van der Waals surface area contributed by atoms with E-state index >= 15 is 0 Å². The number of rotatable bonds is 6. The van der Waals surface area contributed by atoms with E-state index in [4.69, 9.17) is 8.37 Å². The molecule has 0 aliphatic heterocycles. The van der Waals surface area contributed by atoms with Gasteiger partial charge < -0.3 is 0 Å². The molecule has 4 atom stereocenters. The van der Waals surface area contributed by atoms with Gasteiger partial charge in [0.1, 0.15) is 0 Å². The summed E-state index contributed by atoms with van der Waals surface area (Å²) < 4.78 is 54.4. The van der Waals surface area contributed by atoms with Gasteiger partial charge in [0.25, 0.3) is 20.2 Å². The Kier molecular flexibility index (Phi) is 4.58. The van der Waals surface area contributed by atoms with Crippen LogP contribution in [0.3, 0.4) is 0 Å². The molecular formula is C12H20O6S2. The zero-order valence-corrected chi connectivity index (χ0v) is 13.2. The highest BCUT2D eigenvalue weighted by Crippen LogP contribution is 2.45. The lowest BCUT2D eigenvalue weighted by molar-refractivity contribution is 0.0445. The standard InChI is InChI=1S/C12H20O6S2/c1-19(13,14)17-7-11-9-3-5-10(6-4-9)12(11)8-18-20(2,15)16/h3,5,9-12H,4,6-8H2,1-2H3/t9-,10-,11-,12+/m0/s1. The van der Waals surface area contributed by atoms with Gasteiger partial charge in [0.15, 0.2) is 0 Å². The number of hydrogen-bond acceptors (Lipinski definition) is 6. The molecule has 1 saturated carbocycles. The van der Waals surface area contributed by atoms with Crippen molar-refractivity contribution in [2.45, 2.75) is 12.8 Å². The fourth-order valence-corrected chi connectivity index (χ4v) is 3.92. The van der Waals surface area contributed by atoms with Crippen LogP contribution in [0.25, 0.3) is 0 Å². The first-order valence-electron chi connectivity index (χ1n) is 6.53. The topological polar surface area (TPSA) is 86.7 Å². The quantitative estimate of drug-likeness (QED) is 0.530. The summed E-state index contributed by atoms with van der Waals surface area (Å²) in [5, 5.41) is 0. The average Bonchev–Trinajstić information content (AvgIpc) is 2.33. The fourth-order valence-electron chi connectivity index (χ4n) is 3.11. The van der Waals surface area contributed by atoms with E-state index in [0.29, 0.717) is 0 Å². The monoisotopic (exact) mass is 324 g/mol. The van der Waals surface area contributed by atoms with Crippen molar-refractivity contribution < 1.29 is 25.2 Å². The highest BCUT2D eigenvalue weighted by molar-refractivity contribution is 7.86. The Morgan fingerprint density at radius 3 is 1.45 bits per heavy atom. The molecule has 116 valence electrons. The van der Waals surface area contributed by atoms with Crippen LogP contribution in [0, 0.1) is 23.7 Å². The molecule has 0 heterocycles. The summed E-state index contributed by atoms with van der Waals surface area (Å²) in [6, 6.07) is 0. The van der Waals surface area contributed by atoms with Crippen LogP contribution in [-0.2, 0) is 28.6 Å². The van der Waals surface area contributed by atoms with E-state index in [-0.39, 0.29) is 36.9 Å². The molecule has 0 saturated heterocycles. The van der Waals surface area contributed by atoms with Crippen LogP contribution >= 0.6 is 0 Å². The van der Waals surface area contributed by atoms with Crippen molar-refractivity contribution >= 4 is 20.2 Å². The molecule has 20 heavy (non-hydrogen) atoms. The minimum absolute atomic E-state index is 0.0183. The molecule has 0 unspecified atom stereocenters. The summed E-state index contributed by atoms with van der Waals surface area (Å²) in [4.78, 5) is 0. The third-order valence-electron chi connectivity index (χ3n) is 4.04. The highest BCUT2D eigenvalue weighted by atomic mass is 32.2. The van der Waals surface area contributed by atoms with Crippen molar-refractivity contribution in [3.63, 3.8) is 0 Å². The van der Waals surface area contributed by atoms with Gasteiger partial charge in [-0.05, 0) is 36.5 Å². The second-order valence-electron chi connectivity index (χ2n) is 5.59. The first-order valence-corrected chi connectivity index (χ1v) is 10.2. The normalized spacial score (nSPS) is 33.5. The molecule has 2 bridgehead atoms. The van der Waals surface area contributed by atoms with E-state index in [1.165, 1.54) is 0 Å². The Balaban J connectivity index is 2.07. The lowest BCUT2D eigenvalue weighted by Gasteiger charge is -2.44. The zero-order chi connectivity index (χ0) is 15.0. The van der Waals surface area contributed by atoms with Crippen molar-refractivity contribution in [1.82, 2.24) is 0 Å². The van der Waals surface area contributed by atoms with Gasteiger partial charge in [-0.2, -0.15) is 16.8 Å². The summed E-state index contributed by atoms with van der Waals surface area (Å²) in [7, 11) is -6.98. The van der Waals surface area contributed by atoms with E-state index in [0.717, 1.165) is 25.4 Å². The molecule has 0 spiro atoms. The Hall–Kier alpha value is -0.440. The van der Waals surface area contributed by atoms with Crippen LogP contribution in [0.1, 0.15) is 12.8 Å². The highest BCUT2D eigenvalue weighted by Gasteiger charge is 2.41. The Labute approximate surface area is 120 Å².